The van der Waals surface area contributed by atoms with Crippen LogP contribution in [0.15, 0.2) is 254 Å². The first-order valence-electron chi connectivity index (χ1n) is 31.7. The Kier molecular flexibility index (Phi) is 12.0. The molecule has 4 aliphatic rings. The van der Waals surface area contributed by atoms with Crippen LogP contribution in [0.2, 0.25) is 13.1 Å². The van der Waals surface area contributed by atoms with Crippen LogP contribution >= 0.6 is 0 Å². The number of fused-ring (bicyclic) bond motifs is 10. The molecule has 14 aromatic rings. The van der Waals surface area contributed by atoms with E-state index in [1.165, 1.54) is 180 Å². The zero-order valence-corrected chi connectivity index (χ0v) is 52.5. The van der Waals surface area contributed by atoms with Gasteiger partial charge in [-0.05, 0) is 0 Å². The number of hydrogen-bond acceptors (Lipinski definition) is 0. The van der Waals surface area contributed by atoms with Gasteiger partial charge < -0.3 is 0 Å². The Morgan fingerprint density at radius 1 is 0.302 bits per heavy atom. The molecule has 0 nitrogen and oxygen atoms in total. The maximum absolute atomic E-state index is 3.04. The second-order valence-electron chi connectivity index (χ2n) is 26.0. The monoisotopic (exact) mass is 1190 g/mol. The summed E-state index contributed by atoms with van der Waals surface area (Å²) in [5.74, 6) is -0.0136. The fourth-order valence-electron chi connectivity index (χ4n) is 16.5. The summed E-state index contributed by atoms with van der Waals surface area (Å²) in [4.78, 5) is 0. The predicted molar refractivity (Wildman–Crippen MR) is 370 cm³/mol. The first-order valence-corrected chi connectivity index (χ1v) is 41.7. The van der Waals surface area contributed by atoms with E-state index in [9.17, 15) is 0 Å². The standard InChI is InChI=1S/2C41H29.C2H7Si.Zr/c2*1-5-13-32-28(9-1)24-29-10-2-6-14-33(29)40(32)36-19-20-37(39-23-27(22-38(36)39)21-26-17-18-26)41-34-15-7-3-11-30(34)25-31-12-4-8-16-35(31)41;1-3-2;/h2*1-16,19-20,22-26H,17-18,21H2;3H,1-2H3;. The van der Waals surface area contributed by atoms with Gasteiger partial charge in [-0.25, -0.2) is 0 Å². The Bertz CT molecular complexity index is 4720. The molecule has 2 atom stereocenters. The van der Waals surface area contributed by atoms with Crippen molar-refractivity contribution < 1.29 is 20.9 Å². The van der Waals surface area contributed by atoms with E-state index in [-0.39, 0.29) is 0 Å². The summed E-state index contributed by atoms with van der Waals surface area (Å²) in [6.45, 7) is 5.66. The van der Waals surface area contributed by atoms with E-state index in [0.29, 0.717) is 7.25 Å². The van der Waals surface area contributed by atoms with Crippen LogP contribution in [0.5, 0.6) is 0 Å². The van der Waals surface area contributed by atoms with Crippen molar-refractivity contribution in [3.05, 3.63) is 276 Å². The number of hydrogen-bond donors (Lipinski definition) is 0. The second-order valence-corrected chi connectivity index (χ2v) is 46.1. The van der Waals surface area contributed by atoms with Crippen LogP contribution in [-0.4, -0.2) is 5.92 Å². The Morgan fingerprint density at radius 2 is 0.535 bits per heavy atom. The van der Waals surface area contributed by atoms with E-state index < -0.39 is 26.8 Å². The molecule has 0 saturated heterocycles. The van der Waals surface area contributed by atoms with Gasteiger partial charge in [-0.2, -0.15) is 0 Å². The Balaban J connectivity index is 0.981. The van der Waals surface area contributed by atoms with Crippen molar-refractivity contribution in [1.82, 2.24) is 0 Å². The van der Waals surface area contributed by atoms with Crippen LogP contribution in [0.1, 0.15) is 68.0 Å². The molecule has 0 amide bonds. The van der Waals surface area contributed by atoms with Crippen LogP contribution in [0.3, 0.4) is 0 Å². The van der Waals surface area contributed by atoms with Gasteiger partial charge in [0.05, 0.1) is 0 Å². The topological polar surface area (TPSA) is 0 Å². The molecule has 409 valence electrons. The van der Waals surface area contributed by atoms with Gasteiger partial charge in [0.2, 0.25) is 0 Å². The predicted octanol–water partition coefficient (Wildman–Crippen LogP) is 23.4. The molecule has 0 aromatic heterocycles. The normalized spacial score (nSPS) is 16.5. The average molecular weight is 1190 g/mol. The molecule has 2 fully saturated rings. The quantitative estimate of drug-likeness (QED) is 0.0894. The van der Waals surface area contributed by atoms with Gasteiger partial charge in [0.25, 0.3) is 0 Å². The van der Waals surface area contributed by atoms with Gasteiger partial charge in [0, 0.05) is 0 Å². The summed E-state index contributed by atoms with van der Waals surface area (Å²) in [5.41, 5.74) is 21.1. The zero-order chi connectivity index (χ0) is 56.7. The molecule has 2 heteroatoms. The molecular weight excluding hydrogens is 1130 g/mol. The van der Waals surface area contributed by atoms with Gasteiger partial charge in [0.1, 0.15) is 0 Å². The Labute approximate surface area is 512 Å². The van der Waals surface area contributed by atoms with Crippen molar-refractivity contribution in [2.45, 2.75) is 58.9 Å². The third-order valence-corrected chi connectivity index (χ3v) is 42.1. The molecule has 0 spiro atoms. The number of benzene rings is 14. The summed E-state index contributed by atoms with van der Waals surface area (Å²) < 4.78 is 0.789. The first-order chi connectivity index (χ1) is 42.5. The van der Waals surface area contributed by atoms with E-state index in [4.69, 9.17) is 0 Å². The fourth-order valence-corrected chi connectivity index (χ4v) is 39.2. The van der Waals surface area contributed by atoms with Crippen molar-refractivity contribution >= 4 is 104 Å². The zero-order valence-electron chi connectivity index (χ0n) is 48.9. The minimum absolute atomic E-state index is 0.395. The maximum atomic E-state index is 2.86. The molecule has 0 aliphatic heterocycles. The summed E-state index contributed by atoms with van der Waals surface area (Å²) in [6.07, 6.45) is 13.4. The van der Waals surface area contributed by atoms with E-state index in [1.54, 1.807) is 22.3 Å². The Hall–Kier alpha value is -8.26. The van der Waals surface area contributed by atoms with Gasteiger partial charge >= 0.3 is 516 Å². The summed E-state index contributed by atoms with van der Waals surface area (Å²) in [7, 11) is 0. The summed E-state index contributed by atoms with van der Waals surface area (Å²) >= 11 is -3.04. The van der Waals surface area contributed by atoms with Crippen LogP contribution in [0.25, 0.3) is 143 Å². The molecule has 86 heavy (non-hydrogen) atoms. The third kappa shape index (κ3) is 8.16. The van der Waals surface area contributed by atoms with Crippen LogP contribution < -0.4 is 0 Å². The SMILES string of the molecule is C[SiH](C)[Zr]([CH]1C(CC2CC2)=Cc2c(-c3c4ccccc4cc4ccccc34)ccc(-c3c4ccccc4cc4ccccc34)c21)[CH]1C(CC2CC2)=Cc2c(-c3c4ccccc4cc4ccccc34)ccc(-c3c4ccccc4cc4ccccc34)c21. The van der Waals surface area contributed by atoms with Gasteiger partial charge in [-0.15, -0.1) is 0 Å². The average Bonchev–Trinajstić information content (AvgIpc) is 1.63. The second kappa shape index (κ2) is 20.2. The molecule has 0 heterocycles. The van der Waals surface area contributed by atoms with E-state index >= 15 is 0 Å². The Morgan fingerprint density at radius 3 is 0.779 bits per heavy atom. The third-order valence-electron chi connectivity index (χ3n) is 20.5. The minimum atomic E-state index is -3.04. The number of rotatable bonds is 11. The van der Waals surface area contributed by atoms with Gasteiger partial charge in [-0.1, -0.05) is 0 Å². The molecule has 14 aromatic carbocycles. The van der Waals surface area contributed by atoms with Crippen LogP contribution in [0, 0.1) is 11.8 Å². The molecule has 0 radical (unpaired) electrons. The first kappa shape index (κ1) is 51.0. The molecular formula is C84H65SiZr. The molecule has 18 rings (SSSR count). The summed E-state index contributed by atoms with van der Waals surface area (Å²) in [6, 6.07) is 94.4. The van der Waals surface area contributed by atoms with E-state index in [1.807, 2.05) is 0 Å². The van der Waals surface area contributed by atoms with Crippen molar-refractivity contribution in [2.75, 3.05) is 0 Å². The van der Waals surface area contributed by atoms with E-state index in [2.05, 4.69) is 268 Å². The van der Waals surface area contributed by atoms with Gasteiger partial charge in [-0.3, -0.25) is 0 Å². The molecule has 4 aliphatic carbocycles. The molecule has 0 N–H and O–H groups in total. The van der Waals surface area contributed by atoms with Crippen molar-refractivity contribution in [2.24, 2.45) is 11.8 Å². The summed E-state index contributed by atoms with van der Waals surface area (Å²) in [5, 5.41) is 21.3. The van der Waals surface area contributed by atoms with E-state index in [0.717, 1.165) is 11.8 Å². The molecule has 0 bridgehead atoms. The van der Waals surface area contributed by atoms with Crippen molar-refractivity contribution in [1.29, 1.82) is 0 Å². The van der Waals surface area contributed by atoms with Crippen LogP contribution in [0.4, 0.5) is 0 Å². The fraction of sp³-hybridized carbons (Fsp3) is 0.143. The van der Waals surface area contributed by atoms with Gasteiger partial charge in [0.15, 0.2) is 0 Å². The van der Waals surface area contributed by atoms with Crippen molar-refractivity contribution in [3.8, 4) is 44.5 Å². The number of allylic oxidation sites excluding steroid dienone is 2. The van der Waals surface area contributed by atoms with Crippen LogP contribution in [-0.2, 0) is 20.9 Å². The molecule has 2 saturated carbocycles. The molecule has 2 unspecified atom stereocenters. The van der Waals surface area contributed by atoms with Crippen molar-refractivity contribution in [3.63, 3.8) is 0 Å².